The standard InChI is InChI=1S/C16H23ClN2O2/c1-16(2,21-14-7-5-4-6-13(14)17)15(20)18-12-8-10-19(3)11-9-12/h4-7,12H,8-11H2,1-3H3,(H,18,20). The van der Waals surface area contributed by atoms with Crippen LogP contribution in [0.4, 0.5) is 0 Å². The van der Waals surface area contributed by atoms with Gasteiger partial charge in [0.05, 0.1) is 5.02 Å². The number of rotatable bonds is 4. The van der Waals surface area contributed by atoms with E-state index in [1.807, 2.05) is 12.1 Å². The first-order chi connectivity index (χ1) is 9.88. The van der Waals surface area contributed by atoms with E-state index in [-0.39, 0.29) is 11.9 Å². The predicted molar refractivity (Wildman–Crippen MR) is 84.8 cm³/mol. The van der Waals surface area contributed by atoms with Gasteiger partial charge in [0.15, 0.2) is 5.60 Å². The van der Waals surface area contributed by atoms with Gasteiger partial charge in [-0.1, -0.05) is 23.7 Å². The van der Waals surface area contributed by atoms with Crippen molar-refractivity contribution in [2.45, 2.75) is 38.3 Å². The van der Waals surface area contributed by atoms with E-state index in [9.17, 15) is 4.79 Å². The van der Waals surface area contributed by atoms with Gasteiger partial charge >= 0.3 is 0 Å². The van der Waals surface area contributed by atoms with Crippen LogP contribution in [0.15, 0.2) is 24.3 Å². The van der Waals surface area contributed by atoms with Gasteiger partial charge in [-0.2, -0.15) is 0 Å². The quantitative estimate of drug-likeness (QED) is 0.929. The van der Waals surface area contributed by atoms with Crippen molar-refractivity contribution in [3.8, 4) is 5.75 Å². The number of amides is 1. The number of ether oxygens (including phenoxy) is 1. The molecule has 5 heteroatoms. The molecule has 1 amide bonds. The van der Waals surface area contributed by atoms with E-state index in [0.29, 0.717) is 10.8 Å². The molecular weight excluding hydrogens is 288 g/mol. The number of carbonyl (C=O) groups is 1. The van der Waals surface area contributed by atoms with Crippen molar-refractivity contribution < 1.29 is 9.53 Å². The molecule has 0 aromatic heterocycles. The zero-order chi connectivity index (χ0) is 15.5. The molecule has 1 heterocycles. The van der Waals surface area contributed by atoms with E-state index in [2.05, 4.69) is 17.3 Å². The van der Waals surface area contributed by atoms with Gasteiger partial charge in [0.2, 0.25) is 0 Å². The Labute approximate surface area is 131 Å². The fraction of sp³-hybridized carbons (Fsp3) is 0.562. The van der Waals surface area contributed by atoms with Crippen LogP contribution in [0.5, 0.6) is 5.75 Å². The van der Waals surface area contributed by atoms with E-state index in [4.69, 9.17) is 16.3 Å². The van der Waals surface area contributed by atoms with Crippen LogP contribution in [0.25, 0.3) is 0 Å². The Hall–Kier alpha value is -1.26. The van der Waals surface area contributed by atoms with E-state index in [1.54, 1.807) is 26.0 Å². The molecule has 21 heavy (non-hydrogen) atoms. The van der Waals surface area contributed by atoms with Crippen LogP contribution in [0.1, 0.15) is 26.7 Å². The molecule has 0 atom stereocenters. The number of nitrogens with one attached hydrogen (secondary N) is 1. The van der Waals surface area contributed by atoms with Gasteiger partial charge in [-0.05, 0) is 59.0 Å². The van der Waals surface area contributed by atoms with E-state index in [0.717, 1.165) is 25.9 Å². The topological polar surface area (TPSA) is 41.6 Å². The van der Waals surface area contributed by atoms with Crippen LogP contribution < -0.4 is 10.1 Å². The summed E-state index contributed by atoms with van der Waals surface area (Å²) in [6, 6.07) is 7.42. The van der Waals surface area contributed by atoms with Gasteiger partial charge in [0.25, 0.3) is 5.91 Å². The Balaban J connectivity index is 1.95. The lowest BCUT2D eigenvalue weighted by Gasteiger charge is -2.32. The number of hydrogen-bond donors (Lipinski definition) is 1. The average Bonchev–Trinajstić information content (AvgIpc) is 2.43. The molecule has 116 valence electrons. The maximum atomic E-state index is 12.4. The summed E-state index contributed by atoms with van der Waals surface area (Å²) < 4.78 is 5.80. The summed E-state index contributed by atoms with van der Waals surface area (Å²) in [6.07, 6.45) is 1.95. The van der Waals surface area contributed by atoms with Crippen molar-refractivity contribution in [1.29, 1.82) is 0 Å². The second-order valence-corrected chi connectivity index (χ2v) is 6.50. The van der Waals surface area contributed by atoms with E-state index >= 15 is 0 Å². The maximum absolute atomic E-state index is 12.4. The second kappa shape index (κ2) is 6.67. The molecule has 1 N–H and O–H groups in total. The molecule has 0 spiro atoms. The van der Waals surface area contributed by atoms with Crippen LogP contribution in [-0.2, 0) is 4.79 Å². The lowest BCUT2D eigenvalue weighted by Crippen LogP contribution is -2.52. The van der Waals surface area contributed by atoms with Crippen LogP contribution in [0.2, 0.25) is 5.02 Å². The Morgan fingerprint density at radius 1 is 1.33 bits per heavy atom. The third-order valence-electron chi connectivity index (χ3n) is 3.80. The molecule has 0 bridgehead atoms. The Kier molecular flexibility index (Phi) is 5.12. The Bertz CT molecular complexity index is 497. The minimum atomic E-state index is -0.950. The summed E-state index contributed by atoms with van der Waals surface area (Å²) >= 11 is 6.08. The molecule has 1 aromatic rings. The van der Waals surface area contributed by atoms with Crippen molar-refractivity contribution in [3.63, 3.8) is 0 Å². The highest BCUT2D eigenvalue weighted by molar-refractivity contribution is 6.32. The summed E-state index contributed by atoms with van der Waals surface area (Å²) in [5, 5.41) is 3.60. The number of hydrogen-bond acceptors (Lipinski definition) is 3. The van der Waals surface area contributed by atoms with Crippen molar-refractivity contribution in [3.05, 3.63) is 29.3 Å². The number of nitrogens with zero attached hydrogens (tertiary/aromatic N) is 1. The minimum absolute atomic E-state index is 0.100. The summed E-state index contributed by atoms with van der Waals surface area (Å²) in [5.41, 5.74) is -0.950. The molecule has 0 aliphatic carbocycles. The number of likely N-dealkylation sites (tertiary alicyclic amines) is 1. The third-order valence-corrected chi connectivity index (χ3v) is 4.11. The number of halogens is 1. The van der Waals surface area contributed by atoms with Gasteiger partial charge in [-0.3, -0.25) is 4.79 Å². The average molecular weight is 311 g/mol. The normalized spacial score (nSPS) is 17.5. The summed E-state index contributed by atoms with van der Waals surface area (Å²) in [5.74, 6) is 0.430. The SMILES string of the molecule is CN1CCC(NC(=O)C(C)(C)Oc2ccccc2Cl)CC1. The molecule has 1 aliphatic rings. The van der Waals surface area contributed by atoms with Crippen molar-refractivity contribution in [2.24, 2.45) is 0 Å². The number of para-hydroxylation sites is 1. The number of benzene rings is 1. The molecule has 1 fully saturated rings. The first kappa shape index (κ1) is 16.1. The first-order valence-electron chi connectivity index (χ1n) is 7.31. The number of piperidine rings is 1. The summed E-state index contributed by atoms with van der Waals surface area (Å²) in [6.45, 7) is 5.55. The lowest BCUT2D eigenvalue weighted by molar-refractivity contribution is -0.135. The maximum Gasteiger partial charge on any atom is 0.263 e. The highest BCUT2D eigenvalue weighted by atomic mass is 35.5. The summed E-state index contributed by atoms with van der Waals surface area (Å²) in [7, 11) is 2.10. The zero-order valence-corrected chi connectivity index (χ0v) is 13.6. The Morgan fingerprint density at radius 3 is 2.57 bits per heavy atom. The lowest BCUT2D eigenvalue weighted by atomic mass is 10.0. The largest absolute Gasteiger partial charge is 0.476 e. The first-order valence-corrected chi connectivity index (χ1v) is 7.69. The second-order valence-electron chi connectivity index (χ2n) is 6.09. The van der Waals surface area contributed by atoms with Crippen molar-refractivity contribution in [2.75, 3.05) is 20.1 Å². The molecule has 1 aliphatic heterocycles. The van der Waals surface area contributed by atoms with Crippen LogP contribution >= 0.6 is 11.6 Å². The number of carbonyl (C=O) groups excluding carboxylic acids is 1. The molecule has 4 nitrogen and oxygen atoms in total. The molecule has 0 unspecified atom stereocenters. The zero-order valence-electron chi connectivity index (χ0n) is 12.9. The van der Waals surface area contributed by atoms with Gasteiger partial charge in [0.1, 0.15) is 5.75 Å². The van der Waals surface area contributed by atoms with Gasteiger partial charge < -0.3 is 15.0 Å². The van der Waals surface area contributed by atoms with Crippen molar-refractivity contribution >= 4 is 17.5 Å². The van der Waals surface area contributed by atoms with Crippen LogP contribution in [-0.4, -0.2) is 42.6 Å². The van der Waals surface area contributed by atoms with Crippen LogP contribution in [0.3, 0.4) is 0 Å². The molecule has 1 aromatic carbocycles. The van der Waals surface area contributed by atoms with Gasteiger partial charge in [-0.25, -0.2) is 0 Å². The fourth-order valence-electron chi connectivity index (χ4n) is 2.36. The van der Waals surface area contributed by atoms with E-state index < -0.39 is 5.60 Å². The van der Waals surface area contributed by atoms with Crippen LogP contribution in [0, 0.1) is 0 Å². The minimum Gasteiger partial charge on any atom is -0.476 e. The third kappa shape index (κ3) is 4.35. The molecule has 2 rings (SSSR count). The predicted octanol–water partition coefficient (Wildman–Crippen LogP) is 2.71. The molecule has 0 saturated carbocycles. The van der Waals surface area contributed by atoms with Crippen molar-refractivity contribution in [1.82, 2.24) is 10.2 Å². The fourth-order valence-corrected chi connectivity index (χ4v) is 2.54. The van der Waals surface area contributed by atoms with Gasteiger partial charge in [-0.15, -0.1) is 0 Å². The summed E-state index contributed by atoms with van der Waals surface area (Å²) in [4.78, 5) is 14.7. The monoisotopic (exact) mass is 310 g/mol. The molecular formula is C16H23ClN2O2. The molecule has 1 saturated heterocycles. The highest BCUT2D eigenvalue weighted by Crippen LogP contribution is 2.27. The Morgan fingerprint density at radius 2 is 1.95 bits per heavy atom. The van der Waals surface area contributed by atoms with Gasteiger partial charge in [0, 0.05) is 6.04 Å². The van der Waals surface area contributed by atoms with E-state index in [1.165, 1.54) is 0 Å². The highest BCUT2D eigenvalue weighted by Gasteiger charge is 2.32. The smallest absolute Gasteiger partial charge is 0.263 e. The molecule has 0 radical (unpaired) electrons.